The van der Waals surface area contributed by atoms with Crippen molar-refractivity contribution in [1.82, 2.24) is 5.48 Å². The summed E-state index contributed by atoms with van der Waals surface area (Å²) in [6.45, 7) is 0. The average Bonchev–Trinajstić information content (AvgIpc) is 3.44. The van der Waals surface area contributed by atoms with Crippen molar-refractivity contribution in [2.24, 2.45) is 5.92 Å². The second-order valence-electron chi connectivity index (χ2n) is 9.70. The zero-order valence-corrected chi connectivity index (χ0v) is 18.7. The number of benzene rings is 3. The summed E-state index contributed by atoms with van der Waals surface area (Å²) in [5, 5.41) is 0. The van der Waals surface area contributed by atoms with Gasteiger partial charge in [-0.25, -0.2) is 5.48 Å². The topological polar surface area (TPSA) is 21.3 Å². The smallest absolute Gasteiger partial charge is 0.162 e. The maximum Gasteiger partial charge on any atom is 0.162 e. The van der Waals surface area contributed by atoms with Gasteiger partial charge < -0.3 is 4.84 Å². The van der Waals surface area contributed by atoms with Gasteiger partial charge in [-0.3, -0.25) is 0 Å². The van der Waals surface area contributed by atoms with E-state index in [4.69, 9.17) is 4.84 Å². The third-order valence-electron chi connectivity index (χ3n) is 8.00. The van der Waals surface area contributed by atoms with Crippen molar-refractivity contribution in [3.05, 3.63) is 118 Å². The zero-order chi connectivity index (χ0) is 21.8. The van der Waals surface area contributed by atoms with E-state index in [1.54, 1.807) is 0 Å². The van der Waals surface area contributed by atoms with Gasteiger partial charge in [-0.15, -0.1) is 0 Å². The minimum Gasteiger partial charge on any atom is -0.382 e. The largest absolute Gasteiger partial charge is 0.382 e. The molecule has 162 valence electrons. The molecule has 2 heteroatoms. The Morgan fingerprint density at radius 2 is 1.45 bits per heavy atom. The molecule has 2 nitrogen and oxygen atoms in total. The van der Waals surface area contributed by atoms with E-state index in [0.717, 1.165) is 11.4 Å². The molecule has 0 radical (unpaired) electrons. The van der Waals surface area contributed by atoms with Crippen LogP contribution in [0.4, 0.5) is 0 Å². The average molecular weight is 430 g/mol. The number of hydrogen-bond donors (Lipinski definition) is 1. The van der Waals surface area contributed by atoms with Gasteiger partial charge in [-0.1, -0.05) is 98.1 Å². The van der Waals surface area contributed by atoms with Gasteiger partial charge in [0.2, 0.25) is 0 Å². The van der Waals surface area contributed by atoms with E-state index in [2.05, 4.69) is 96.5 Å². The molecular weight excluding hydrogens is 402 g/mol. The molecule has 1 heterocycles. The highest BCUT2D eigenvalue weighted by atomic mass is 16.6. The lowest BCUT2D eigenvalue weighted by atomic mass is 9.70. The van der Waals surface area contributed by atoms with Crippen LogP contribution in [0.3, 0.4) is 0 Å². The summed E-state index contributed by atoms with van der Waals surface area (Å²) >= 11 is 0. The van der Waals surface area contributed by atoms with E-state index in [0.29, 0.717) is 5.92 Å². The molecule has 33 heavy (non-hydrogen) atoms. The van der Waals surface area contributed by atoms with Crippen molar-refractivity contribution in [2.75, 3.05) is 0 Å². The van der Waals surface area contributed by atoms with Crippen LogP contribution in [-0.4, -0.2) is 0 Å². The molecule has 0 aromatic heterocycles. The fourth-order valence-electron chi connectivity index (χ4n) is 6.53. The number of hydroxylamine groups is 1. The fraction of sp³-hybridized carbons (Fsp3) is 0.226. The van der Waals surface area contributed by atoms with E-state index in [1.807, 2.05) is 0 Å². The molecule has 1 saturated carbocycles. The molecule has 1 unspecified atom stereocenters. The molecule has 1 spiro atoms. The predicted octanol–water partition coefficient (Wildman–Crippen LogP) is 7.29. The van der Waals surface area contributed by atoms with Crippen molar-refractivity contribution >= 4 is 17.7 Å². The summed E-state index contributed by atoms with van der Waals surface area (Å²) in [7, 11) is 0. The van der Waals surface area contributed by atoms with Crippen molar-refractivity contribution in [2.45, 2.75) is 37.5 Å². The lowest BCUT2D eigenvalue weighted by Crippen LogP contribution is -2.34. The molecule has 3 aromatic rings. The van der Waals surface area contributed by atoms with Crippen LogP contribution in [0.15, 0.2) is 90.1 Å². The third-order valence-corrected chi connectivity index (χ3v) is 8.00. The molecule has 1 aliphatic heterocycles. The summed E-state index contributed by atoms with van der Waals surface area (Å²) in [6.07, 6.45) is 13.5. The van der Waals surface area contributed by atoms with Crippen molar-refractivity contribution in [1.29, 1.82) is 0 Å². The molecule has 1 atom stereocenters. The number of hydrogen-bond acceptors (Lipinski definition) is 2. The van der Waals surface area contributed by atoms with Crippen LogP contribution in [0.5, 0.6) is 5.75 Å². The summed E-state index contributed by atoms with van der Waals surface area (Å²) in [5.74, 6) is 1.49. The first-order chi connectivity index (χ1) is 16.4. The van der Waals surface area contributed by atoms with Gasteiger partial charge >= 0.3 is 0 Å². The zero-order valence-electron chi connectivity index (χ0n) is 18.7. The molecule has 0 bridgehead atoms. The van der Waals surface area contributed by atoms with Crippen LogP contribution < -0.4 is 10.3 Å². The molecule has 0 saturated heterocycles. The third kappa shape index (κ3) is 2.67. The first kappa shape index (κ1) is 19.0. The quantitative estimate of drug-likeness (QED) is 0.462. The maximum atomic E-state index is 6.19. The van der Waals surface area contributed by atoms with E-state index in [1.165, 1.54) is 71.1 Å². The van der Waals surface area contributed by atoms with Gasteiger partial charge in [0.1, 0.15) is 0 Å². The van der Waals surface area contributed by atoms with Gasteiger partial charge in [0.15, 0.2) is 5.75 Å². The van der Waals surface area contributed by atoms with Gasteiger partial charge in [0.05, 0.1) is 11.1 Å². The minimum absolute atomic E-state index is 0.287. The van der Waals surface area contributed by atoms with E-state index >= 15 is 0 Å². The molecule has 7 rings (SSSR count). The fourth-order valence-corrected chi connectivity index (χ4v) is 6.53. The van der Waals surface area contributed by atoms with Crippen LogP contribution in [0, 0.1) is 5.92 Å². The second-order valence-corrected chi connectivity index (χ2v) is 9.70. The van der Waals surface area contributed by atoms with E-state index < -0.39 is 0 Å². The standard InChI is InChI=1S/C31H27NO/c1-2-11-22(12-3-1)29-24-14-6-9-17-28(24)33-32-30(29)27-20-23-13-5-8-16-26(23)31(27)19-18-21-10-4-7-15-25(21)31/h4-10,13-20,22,32H,1-3,11-12H2. The van der Waals surface area contributed by atoms with Gasteiger partial charge in [-0.2, -0.15) is 0 Å². The Bertz CT molecular complexity index is 1340. The monoisotopic (exact) mass is 429 g/mol. The highest BCUT2D eigenvalue weighted by molar-refractivity contribution is 5.90. The lowest BCUT2D eigenvalue weighted by molar-refractivity contribution is 0.222. The van der Waals surface area contributed by atoms with Gasteiger partial charge in [-0.05, 0) is 64.3 Å². The molecule has 4 aliphatic rings. The maximum absolute atomic E-state index is 6.19. The minimum atomic E-state index is -0.287. The number of para-hydroxylation sites is 1. The second kappa shape index (κ2) is 7.25. The van der Waals surface area contributed by atoms with Crippen molar-refractivity contribution < 1.29 is 4.84 Å². The Morgan fingerprint density at radius 3 is 2.30 bits per heavy atom. The normalized spacial score (nSPS) is 23.0. The van der Waals surface area contributed by atoms with Crippen molar-refractivity contribution in [3.8, 4) is 5.75 Å². The summed E-state index contributed by atoms with van der Waals surface area (Å²) in [5.41, 5.74) is 13.6. The Hall–Kier alpha value is -3.52. The Balaban J connectivity index is 1.51. The Morgan fingerprint density at radius 1 is 0.758 bits per heavy atom. The number of nitrogens with one attached hydrogen (secondary N) is 1. The molecule has 0 amide bonds. The lowest BCUT2D eigenvalue weighted by Gasteiger charge is -2.37. The number of rotatable bonds is 2. The Labute approximate surface area is 195 Å². The summed E-state index contributed by atoms with van der Waals surface area (Å²) in [4.78, 5) is 6.19. The van der Waals surface area contributed by atoms with Crippen LogP contribution in [-0.2, 0) is 5.41 Å². The first-order valence-corrected chi connectivity index (χ1v) is 12.2. The summed E-state index contributed by atoms with van der Waals surface area (Å²) < 4.78 is 0. The number of allylic oxidation sites excluding steroid dienone is 3. The van der Waals surface area contributed by atoms with Crippen molar-refractivity contribution in [3.63, 3.8) is 0 Å². The molecule has 1 fully saturated rings. The van der Waals surface area contributed by atoms with E-state index in [-0.39, 0.29) is 5.41 Å². The molecule has 3 aromatic carbocycles. The summed E-state index contributed by atoms with van der Waals surface area (Å²) in [6, 6.07) is 26.2. The molecule has 1 N–H and O–H groups in total. The van der Waals surface area contributed by atoms with Crippen LogP contribution in [0.25, 0.3) is 17.7 Å². The Kier molecular flexibility index (Phi) is 4.17. The highest BCUT2D eigenvalue weighted by Crippen LogP contribution is 2.56. The number of fused-ring (bicyclic) bond motifs is 5. The van der Waals surface area contributed by atoms with Gasteiger partial charge in [0, 0.05) is 5.56 Å². The van der Waals surface area contributed by atoms with Crippen LogP contribution >= 0.6 is 0 Å². The molecular formula is C31H27NO. The SMILES string of the molecule is C1=CC2(C(C3=C(C4CCCCC4)c4ccccc4ON3)=Cc3ccccc32)c2ccccc21. The van der Waals surface area contributed by atoms with Crippen LogP contribution in [0.2, 0.25) is 0 Å². The van der Waals surface area contributed by atoms with E-state index in [9.17, 15) is 0 Å². The first-order valence-electron chi connectivity index (χ1n) is 12.2. The van der Waals surface area contributed by atoms with Gasteiger partial charge in [0.25, 0.3) is 0 Å². The highest BCUT2D eigenvalue weighted by Gasteiger charge is 2.47. The molecule has 3 aliphatic carbocycles. The predicted molar refractivity (Wildman–Crippen MR) is 134 cm³/mol. The van der Waals surface area contributed by atoms with Crippen LogP contribution in [0.1, 0.15) is 59.9 Å².